The van der Waals surface area contributed by atoms with E-state index in [2.05, 4.69) is 42.8 Å². The highest BCUT2D eigenvalue weighted by Crippen LogP contribution is 2.37. The van der Waals surface area contributed by atoms with Crippen molar-refractivity contribution in [1.29, 1.82) is 0 Å². The van der Waals surface area contributed by atoms with Crippen LogP contribution >= 0.6 is 15.9 Å². The molecule has 0 bridgehead atoms. The minimum Gasteiger partial charge on any atom is -0.465 e. The van der Waals surface area contributed by atoms with Crippen LogP contribution in [0.3, 0.4) is 0 Å². The van der Waals surface area contributed by atoms with Gasteiger partial charge >= 0.3 is 6.09 Å². The van der Waals surface area contributed by atoms with Crippen molar-refractivity contribution < 1.29 is 14.7 Å². The summed E-state index contributed by atoms with van der Waals surface area (Å²) in [6.07, 6.45) is 3.48. The first kappa shape index (κ1) is 18.2. The molecule has 2 atom stereocenters. The van der Waals surface area contributed by atoms with Crippen LogP contribution in [-0.2, 0) is 6.42 Å². The molecule has 134 valence electrons. The zero-order chi connectivity index (χ0) is 18.4. The summed E-state index contributed by atoms with van der Waals surface area (Å²) >= 11 is 3.46. The average Bonchev–Trinajstić information content (AvgIpc) is 2.81. The summed E-state index contributed by atoms with van der Waals surface area (Å²) in [6.45, 7) is 6.77. The van der Waals surface area contributed by atoms with Crippen molar-refractivity contribution in [3.63, 3.8) is 0 Å². The van der Waals surface area contributed by atoms with Gasteiger partial charge in [0.15, 0.2) is 5.78 Å². The molecule has 1 N–H and O–H groups in total. The van der Waals surface area contributed by atoms with Gasteiger partial charge in [0.1, 0.15) is 0 Å². The molecule has 0 radical (unpaired) electrons. The van der Waals surface area contributed by atoms with Gasteiger partial charge in [-0.3, -0.25) is 4.79 Å². The molecule has 0 aromatic heterocycles. The van der Waals surface area contributed by atoms with Gasteiger partial charge in [-0.15, -0.1) is 0 Å². The highest BCUT2D eigenvalue weighted by molar-refractivity contribution is 9.10. The maximum Gasteiger partial charge on any atom is 0.407 e. The SMILES string of the molecule is CC(C)(C)C1CC(C=C2Cc3cc(Br)ccc3C2=O)CCN1C(=O)O. The van der Waals surface area contributed by atoms with Crippen molar-refractivity contribution in [1.82, 2.24) is 4.90 Å². The Morgan fingerprint density at radius 1 is 1.36 bits per heavy atom. The second-order valence-corrected chi connectivity index (χ2v) is 9.06. The Labute approximate surface area is 157 Å². The molecule has 1 heterocycles. The van der Waals surface area contributed by atoms with Crippen LogP contribution in [0.2, 0.25) is 0 Å². The normalized spacial score (nSPS) is 25.4. The van der Waals surface area contributed by atoms with Crippen LogP contribution in [0.15, 0.2) is 34.3 Å². The maximum absolute atomic E-state index is 12.6. The van der Waals surface area contributed by atoms with Gasteiger partial charge in [-0.2, -0.15) is 0 Å². The highest BCUT2D eigenvalue weighted by atomic mass is 79.9. The molecule has 5 heteroatoms. The molecule has 1 amide bonds. The molecule has 3 rings (SSSR count). The van der Waals surface area contributed by atoms with Gasteiger partial charge in [-0.25, -0.2) is 4.79 Å². The number of ketones is 1. The van der Waals surface area contributed by atoms with Crippen LogP contribution in [-0.4, -0.2) is 34.5 Å². The van der Waals surface area contributed by atoms with Crippen molar-refractivity contribution in [2.45, 2.75) is 46.1 Å². The molecule has 25 heavy (non-hydrogen) atoms. The van der Waals surface area contributed by atoms with E-state index in [1.165, 1.54) is 0 Å². The van der Waals surface area contributed by atoms with Crippen LogP contribution in [0.1, 0.15) is 49.5 Å². The summed E-state index contributed by atoms with van der Waals surface area (Å²) in [4.78, 5) is 25.8. The first-order valence-electron chi connectivity index (χ1n) is 8.70. The lowest BCUT2D eigenvalue weighted by molar-refractivity contribution is 0.0481. The Morgan fingerprint density at radius 2 is 2.08 bits per heavy atom. The van der Waals surface area contributed by atoms with Gasteiger partial charge < -0.3 is 10.0 Å². The van der Waals surface area contributed by atoms with Gasteiger partial charge in [0.2, 0.25) is 0 Å². The molecular weight excluding hydrogens is 382 g/mol. The standard InChI is InChI=1S/C20H24BrNO3/c1-20(2,3)17-9-12(6-7-22(17)19(24)25)8-14-10-13-11-15(21)4-5-16(13)18(14)23/h4-5,8,11-12,17H,6-7,9-10H2,1-3H3,(H,24,25). The second-order valence-electron chi connectivity index (χ2n) is 8.14. The van der Waals surface area contributed by atoms with E-state index in [1.807, 2.05) is 18.2 Å². The molecule has 1 aliphatic carbocycles. The molecule has 4 nitrogen and oxygen atoms in total. The lowest BCUT2D eigenvalue weighted by Gasteiger charge is -2.44. The van der Waals surface area contributed by atoms with E-state index in [4.69, 9.17) is 0 Å². The maximum atomic E-state index is 12.6. The van der Waals surface area contributed by atoms with Gasteiger partial charge in [-0.1, -0.05) is 42.8 Å². The van der Waals surface area contributed by atoms with E-state index in [1.54, 1.807) is 4.90 Å². The minimum atomic E-state index is -0.847. The Morgan fingerprint density at radius 3 is 2.72 bits per heavy atom. The molecule has 1 aliphatic heterocycles. The second kappa shape index (κ2) is 6.60. The van der Waals surface area contributed by atoms with Crippen LogP contribution < -0.4 is 0 Å². The summed E-state index contributed by atoms with van der Waals surface area (Å²) in [5, 5.41) is 9.48. The first-order chi connectivity index (χ1) is 11.7. The fourth-order valence-electron chi connectivity index (χ4n) is 4.00. The number of carbonyl (C=O) groups is 2. The fraction of sp³-hybridized carbons (Fsp3) is 0.500. The van der Waals surface area contributed by atoms with Crippen molar-refractivity contribution in [3.05, 3.63) is 45.4 Å². The van der Waals surface area contributed by atoms with Crippen LogP contribution in [0.4, 0.5) is 4.79 Å². The number of fused-ring (bicyclic) bond motifs is 1. The number of carboxylic acid groups (broad SMARTS) is 1. The number of benzene rings is 1. The zero-order valence-corrected chi connectivity index (χ0v) is 16.5. The topological polar surface area (TPSA) is 57.6 Å². The number of likely N-dealkylation sites (tertiary alicyclic amines) is 1. The Hall–Kier alpha value is -1.62. The van der Waals surface area contributed by atoms with Crippen molar-refractivity contribution in [2.24, 2.45) is 11.3 Å². The van der Waals surface area contributed by atoms with E-state index in [9.17, 15) is 14.7 Å². The Kier molecular flexibility index (Phi) is 4.80. The smallest absolute Gasteiger partial charge is 0.407 e. The number of amides is 1. The first-order valence-corrected chi connectivity index (χ1v) is 9.49. The summed E-state index contributed by atoms with van der Waals surface area (Å²) in [5.41, 5.74) is 2.60. The fourth-order valence-corrected chi connectivity index (χ4v) is 4.41. The summed E-state index contributed by atoms with van der Waals surface area (Å²) < 4.78 is 0.989. The third kappa shape index (κ3) is 3.66. The highest BCUT2D eigenvalue weighted by Gasteiger charge is 2.38. The van der Waals surface area contributed by atoms with Crippen LogP contribution in [0, 0.1) is 11.3 Å². The molecular formula is C20H24BrNO3. The van der Waals surface area contributed by atoms with Crippen molar-refractivity contribution >= 4 is 27.8 Å². The zero-order valence-electron chi connectivity index (χ0n) is 14.9. The average molecular weight is 406 g/mol. The molecule has 1 saturated heterocycles. The molecule has 2 unspecified atom stereocenters. The minimum absolute atomic E-state index is 0.0337. The van der Waals surface area contributed by atoms with Gasteiger partial charge in [0.05, 0.1) is 0 Å². The van der Waals surface area contributed by atoms with E-state index < -0.39 is 6.09 Å². The molecule has 0 saturated carbocycles. The number of rotatable bonds is 1. The van der Waals surface area contributed by atoms with Gasteiger partial charge in [0, 0.05) is 34.6 Å². The van der Waals surface area contributed by atoms with E-state index >= 15 is 0 Å². The lowest BCUT2D eigenvalue weighted by atomic mass is 9.76. The van der Waals surface area contributed by atoms with Crippen molar-refractivity contribution in [2.75, 3.05) is 6.54 Å². The number of hydrogen-bond acceptors (Lipinski definition) is 2. The summed E-state index contributed by atoms with van der Waals surface area (Å²) in [5.74, 6) is 0.368. The van der Waals surface area contributed by atoms with E-state index in [-0.39, 0.29) is 23.2 Å². The predicted octanol–water partition coefficient (Wildman–Crippen LogP) is 4.92. The van der Waals surface area contributed by atoms with E-state index in [0.717, 1.165) is 34.0 Å². The quantitative estimate of drug-likeness (QED) is 0.674. The number of allylic oxidation sites excluding steroid dienone is 2. The van der Waals surface area contributed by atoms with Crippen LogP contribution in [0.25, 0.3) is 0 Å². The predicted molar refractivity (Wildman–Crippen MR) is 101 cm³/mol. The summed E-state index contributed by atoms with van der Waals surface area (Å²) in [7, 11) is 0. The Balaban J connectivity index is 1.81. The third-order valence-electron chi connectivity index (χ3n) is 5.31. The number of Topliss-reactive ketones (excluding diaryl/α,β-unsaturated/α-hetero) is 1. The van der Waals surface area contributed by atoms with Gasteiger partial charge in [0.25, 0.3) is 0 Å². The molecule has 1 aromatic carbocycles. The van der Waals surface area contributed by atoms with Crippen LogP contribution in [0.5, 0.6) is 0 Å². The monoisotopic (exact) mass is 405 g/mol. The molecule has 2 aliphatic rings. The number of nitrogens with zero attached hydrogens (tertiary/aromatic N) is 1. The largest absolute Gasteiger partial charge is 0.465 e. The number of carbonyl (C=O) groups excluding carboxylic acids is 1. The third-order valence-corrected chi connectivity index (χ3v) is 5.80. The number of piperidine rings is 1. The summed E-state index contributed by atoms with van der Waals surface area (Å²) in [6, 6.07) is 5.77. The van der Waals surface area contributed by atoms with Crippen molar-refractivity contribution in [3.8, 4) is 0 Å². The number of halogens is 1. The van der Waals surface area contributed by atoms with Gasteiger partial charge in [-0.05, 0) is 47.9 Å². The molecule has 1 aromatic rings. The Bertz CT molecular complexity index is 748. The molecule has 1 fully saturated rings. The lowest BCUT2D eigenvalue weighted by Crippen LogP contribution is -2.51. The number of hydrogen-bond donors (Lipinski definition) is 1. The molecule has 0 spiro atoms. The van der Waals surface area contributed by atoms with E-state index in [0.29, 0.717) is 13.0 Å².